The molecule has 1 fully saturated rings. The number of carboxylic acid groups (broad SMARTS) is 1. The molecule has 1 saturated heterocycles. The van der Waals surface area contributed by atoms with Gasteiger partial charge in [-0.25, -0.2) is 4.79 Å². The van der Waals surface area contributed by atoms with E-state index in [1.807, 2.05) is 11.8 Å². The van der Waals surface area contributed by atoms with Gasteiger partial charge >= 0.3 is 5.97 Å². The van der Waals surface area contributed by atoms with Crippen LogP contribution in [0.3, 0.4) is 0 Å². The van der Waals surface area contributed by atoms with E-state index in [9.17, 15) is 15.2 Å². The summed E-state index contributed by atoms with van der Waals surface area (Å²) in [6.07, 6.45) is 1.81. The highest BCUT2D eigenvalue weighted by Crippen LogP contribution is 2.33. The highest BCUT2D eigenvalue weighted by Gasteiger charge is 2.35. The van der Waals surface area contributed by atoms with Crippen molar-refractivity contribution < 1.29 is 14.6 Å². The molecule has 0 aromatic heterocycles. The first-order chi connectivity index (χ1) is 9.58. The summed E-state index contributed by atoms with van der Waals surface area (Å²) in [5, 5.41) is 18.7. The molecule has 1 aromatic carbocycles. The Morgan fingerprint density at radius 3 is 2.90 bits per heavy atom. The number of rotatable bonds is 3. The second kappa shape index (κ2) is 5.83. The van der Waals surface area contributed by atoms with Crippen LogP contribution in [0, 0.1) is 17.2 Å². The Balaban J connectivity index is 2.47. The minimum absolute atomic E-state index is 0.0546. The lowest BCUT2D eigenvalue weighted by atomic mass is 9.90. The van der Waals surface area contributed by atoms with Gasteiger partial charge in [-0.2, -0.15) is 5.26 Å². The fourth-order valence-corrected chi connectivity index (χ4v) is 2.81. The van der Waals surface area contributed by atoms with Crippen molar-refractivity contribution in [1.29, 1.82) is 5.26 Å². The Kier molecular flexibility index (Phi) is 4.14. The van der Waals surface area contributed by atoms with E-state index in [0.29, 0.717) is 23.5 Å². The van der Waals surface area contributed by atoms with E-state index < -0.39 is 12.0 Å². The van der Waals surface area contributed by atoms with Crippen molar-refractivity contribution in [3.8, 4) is 11.8 Å². The van der Waals surface area contributed by atoms with Crippen LogP contribution in [0.15, 0.2) is 18.2 Å². The molecule has 1 heterocycles. The van der Waals surface area contributed by atoms with E-state index in [2.05, 4.69) is 6.07 Å². The van der Waals surface area contributed by atoms with Crippen LogP contribution in [0.4, 0.5) is 5.69 Å². The first-order valence-electron chi connectivity index (χ1n) is 6.66. The third-order valence-corrected chi connectivity index (χ3v) is 3.82. The van der Waals surface area contributed by atoms with Crippen LogP contribution >= 0.6 is 0 Å². The highest BCUT2D eigenvalue weighted by atomic mass is 16.5. The Labute approximate surface area is 118 Å². The van der Waals surface area contributed by atoms with E-state index in [0.717, 1.165) is 12.8 Å². The van der Waals surface area contributed by atoms with Crippen molar-refractivity contribution in [2.45, 2.75) is 25.8 Å². The predicted molar refractivity (Wildman–Crippen MR) is 74.9 cm³/mol. The zero-order valence-corrected chi connectivity index (χ0v) is 11.7. The van der Waals surface area contributed by atoms with E-state index in [-0.39, 0.29) is 5.92 Å². The molecule has 0 amide bonds. The van der Waals surface area contributed by atoms with E-state index in [1.54, 1.807) is 25.3 Å². The predicted octanol–water partition coefficient (Wildman–Crippen LogP) is 2.26. The van der Waals surface area contributed by atoms with Gasteiger partial charge in [-0.05, 0) is 30.9 Å². The Morgan fingerprint density at radius 2 is 2.30 bits per heavy atom. The molecule has 0 radical (unpaired) electrons. The summed E-state index contributed by atoms with van der Waals surface area (Å²) in [6.45, 7) is 2.58. The van der Waals surface area contributed by atoms with Gasteiger partial charge in [-0.3, -0.25) is 0 Å². The van der Waals surface area contributed by atoms with Gasteiger partial charge < -0.3 is 14.7 Å². The van der Waals surface area contributed by atoms with Gasteiger partial charge in [0.25, 0.3) is 0 Å². The lowest BCUT2D eigenvalue weighted by Crippen LogP contribution is -2.49. The summed E-state index contributed by atoms with van der Waals surface area (Å²) in [4.78, 5) is 13.4. The van der Waals surface area contributed by atoms with Crippen LogP contribution in [0.1, 0.15) is 25.3 Å². The van der Waals surface area contributed by atoms with Gasteiger partial charge in [0.15, 0.2) is 0 Å². The Bertz CT molecular complexity index is 551. The number of carboxylic acids is 1. The van der Waals surface area contributed by atoms with Gasteiger partial charge in [0.2, 0.25) is 0 Å². The van der Waals surface area contributed by atoms with Crippen molar-refractivity contribution in [2.24, 2.45) is 5.92 Å². The summed E-state index contributed by atoms with van der Waals surface area (Å²) in [7, 11) is 1.55. The van der Waals surface area contributed by atoms with Crippen molar-refractivity contribution in [3.63, 3.8) is 0 Å². The smallest absolute Gasteiger partial charge is 0.326 e. The first-order valence-corrected chi connectivity index (χ1v) is 6.66. The van der Waals surface area contributed by atoms with Crippen molar-refractivity contribution in [3.05, 3.63) is 23.8 Å². The second-order valence-corrected chi connectivity index (χ2v) is 5.09. The molecule has 2 atom stereocenters. The molecule has 0 bridgehead atoms. The third-order valence-electron chi connectivity index (χ3n) is 3.82. The lowest BCUT2D eigenvalue weighted by molar-refractivity contribution is -0.140. The molecule has 20 heavy (non-hydrogen) atoms. The molecule has 0 saturated carbocycles. The van der Waals surface area contributed by atoms with E-state index >= 15 is 0 Å². The van der Waals surface area contributed by atoms with Gasteiger partial charge in [-0.1, -0.05) is 6.92 Å². The number of nitrogens with zero attached hydrogens (tertiary/aromatic N) is 2. The average molecular weight is 274 g/mol. The third kappa shape index (κ3) is 2.55. The molecule has 1 aliphatic heterocycles. The molecule has 1 aliphatic rings. The summed E-state index contributed by atoms with van der Waals surface area (Å²) in [5.74, 6) is -0.163. The molecule has 5 nitrogen and oxygen atoms in total. The number of carbonyl (C=O) groups is 1. The maximum absolute atomic E-state index is 11.5. The fourth-order valence-electron chi connectivity index (χ4n) is 2.81. The summed E-state index contributed by atoms with van der Waals surface area (Å²) < 4.78 is 5.18. The Hall–Kier alpha value is -2.22. The molecule has 2 rings (SSSR count). The molecule has 1 N–H and O–H groups in total. The van der Waals surface area contributed by atoms with Crippen molar-refractivity contribution >= 4 is 11.7 Å². The largest absolute Gasteiger partial charge is 0.497 e. The molecular weight excluding hydrogens is 256 g/mol. The molecule has 1 aromatic rings. The van der Waals surface area contributed by atoms with E-state index in [1.165, 1.54) is 0 Å². The van der Waals surface area contributed by atoms with Crippen LogP contribution in [0.25, 0.3) is 0 Å². The maximum Gasteiger partial charge on any atom is 0.326 e. The van der Waals surface area contributed by atoms with Crippen LogP contribution < -0.4 is 9.64 Å². The topological polar surface area (TPSA) is 73.6 Å². The summed E-state index contributed by atoms with van der Waals surface area (Å²) >= 11 is 0. The minimum atomic E-state index is -0.844. The first kappa shape index (κ1) is 14.2. The molecule has 0 spiro atoms. The second-order valence-electron chi connectivity index (χ2n) is 5.09. The number of benzene rings is 1. The minimum Gasteiger partial charge on any atom is -0.497 e. The average Bonchev–Trinajstić information content (AvgIpc) is 2.45. The quantitative estimate of drug-likeness (QED) is 0.915. The van der Waals surface area contributed by atoms with Gasteiger partial charge in [0.1, 0.15) is 17.9 Å². The van der Waals surface area contributed by atoms with Crippen molar-refractivity contribution in [1.82, 2.24) is 0 Å². The number of anilines is 1. The summed E-state index contributed by atoms with van der Waals surface area (Å²) in [6, 6.07) is 6.66. The van der Waals surface area contributed by atoms with Gasteiger partial charge in [0, 0.05) is 12.6 Å². The van der Waals surface area contributed by atoms with Crippen LogP contribution in [-0.2, 0) is 4.79 Å². The van der Waals surface area contributed by atoms with Crippen LogP contribution in [0.2, 0.25) is 0 Å². The zero-order chi connectivity index (χ0) is 14.7. The SMILES string of the molecule is COc1ccc(C#N)c(N2CCCC(C)C2C(=O)O)c1. The Morgan fingerprint density at radius 1 is 1.55 bits per heavy atom. The molecule has 0 aliphatic carbocycles. The fraction of sp³-hybridized carbons (Fsp3) is 0.467. The maximum atomic E-state index is 11.5. The zero-order valence-electron chi connectivity index (χ0n) is 11.7. The van der Waals surface area contributed by atoms with Gasteiger partial charge in [0.05, 0.1) is 18.4 Å². The summed E-state index contributed by atoms with van der Waals surface area (Å²) in [5.41, 5.74) is 1.12. The molecule has 106 valence electrons. The molecule has 5 heteroatoms. The normalized spacial score (nSPS) is 22.1. The molecule has 2 unspecified atom stereocenters. The lowest BCUT2D eigenvalue weighted by Gasteiger charge is -2.39. The van der Waals surface area contributed by atoms with E-state index in [4.69, 9.17) is 4.74 Å². The van der Waals surface area contributed by atoms with Crippen LogP contribution in [0.5, 0.6) is 5.75 Å². The van der Waals surface area contributed by atoms with Crippen LogP contribution in [-0.4, -0.2) is 30.8 Å². The standard InChI is InChI=1S/C15H18N2O3/c1-10-4-3-7-17(14(10)15(18)19)13-8-12(20-2)6-5-11(13)9-16/h5-6,8,10,14H,3-4,7H2,1-2H3,(H,18,19). The molecular formula is C15H18N2O3. The number of methoxy groups -OCH3 is 1. The van der Waals surface area contributed by atoms with Gasteiger partial charge in [-0.15, -0.1) is 0 Å². The number of ether oxygens (including phenoxy) is 1. The number of piperidine rings is 1. The number of aliphatic carboxylic acids is 1. The highest BCUT2D eigenvalue weighted by molar-refractivity contribution is 5.80. The number of hydrogen-bond donors (Lipinski definition) is 1. The monoisotopic (exact) mass is 274 g/mol. The number of hydrogen-bond acceptors (Lipinski definition) is 4. The van der Waals surface area contributed by atoms with Crippen molar-refractivity contribution in [2.75, 3.05) is 18.6 Å². The number of nitriles is 1.